The molecule has 0 aliphatic heterocycles. The lowest BCUT2D eigenvalue weighted by molar-refractivity contribution is 0.128. The zero-order chi connectivity index (χ0) is 12.8. The third-order valence-electron chi connectivity index (χ3n) is 2.37. The Bertz CT molecular complexity index is 502. The summed E-state index contributed by atoms with van der Waals surface area (Å²) in [7, 11) is 0. The van der Waals surface area contributed by atoms with Gasteiger partial charge in [0, 0.05) is 31.0 Å². The van der Waals surface area contributed by atoms with Crippen LogP contribution in [0.15, 0.2) is 30.5 Å². The Labute approximate surface area is 106 Å². The minimum atomic E-state index is 0.386. The summed E-state index contributed by atoms with van der Waals surface area (Å²) in [4.78, 5) is 12.8. The van der Waals surface area contributed by atoms with Crippen molar-refractivity contribution in [2.75, 3.05) is 12.3 Å². The van der Waals surface area contributed by atoms with Crippen molar-refractivity contribution in [2.24, 2.45) is 0 Å². The minimum absolute atomic E-state index is 0.386. The normalized spacial score (nSPS) is 10.5. The second-order valence-electron chi connectivity index (χ2n) is 3.84. The van der Waals surface area contributed by atoms with Crippen LogP contribution < -0.4 is 5.73 Å². The van der Waals surface area contributed by atoms with Gasteiger partial charge in [0.15, 0.2) is 5.82 Å². The first-order valence-corrected chi connectivity index (χ1v) is 5.88. The summed E-state index contributed by atoms with van der Waals surface area (Å²) in [6.45, 7) is 2.95. The maximum absolute atomic E-state index is 5.76. The number of nitrogen functional groups attached to an aromatic ring is 1. The fourth-order valence-corrected chi connectivity index (χ4v) is 1.61. The van der Waals surface area contributed by atoms with Gasteiger partial charge in [-0.15, -0.1) is 0 Å². The van der Waals surface area contributed by atoms with E-state index < -0.39 is 0 Å². The van der Waals surface area contributed by atoms with E-state index in [2.05, 4.69) is 15.0 Å². The Kier molecular flexibility index (Phi) is 4.20. The lowest BCUT2D eigenvalue weighted by Crippen LogP contribution is -2.06. The summed E-state index contributed by atoms with van der Waals surface area (Å²) < 4.78 is 5.28. The van der Waals surface area contributed by atoms with Gasteiger partial charge >= 0.3 is 0 Å². The fraction of sp³-hybridized carbons (Fsp3) is 0.308. The molecule has 2 N–H and O–H groups in total. The zero-order valence-corrected chi connectivity index (χ0v) is 10.3. The van der Waals surface area contributed by atoms with E-state index in [1.54, 1.807) is 12.3 Å². The molecule has 0 aromatic carbocycles. The van der Waals surface area contributed by atoms with E-state index in [-0.39, 0.29) is 0 Å². The molecule has 5 nitrogen and oxygen atoms in total. The van der Waals surface area contributed by atoms with Gasteiger partial charge in [-0.05, 0) is 19.1 Å². The molecule has 0 aliphatic rings. The van der Waals surface area contributed by atoms with Gasteiger partial charge in [0.2, 0.25) is 0 Å². The average molecular weight is 244 g/mol. The van der Waals surface area contributed by atoms with Crippen molar-refractivity contribution in [3.05, 3.63) is 47.7 Å². The Morgan fingerprint density at radius 2 is 2.11 bits per heavy atom. The SMILES string of the molecule is CCOCc1nc(N)cc(Cc2ccccn2)n1. The van der Waals surface area contributed by atoms with E-state index in [0.29, 0.717) is 31.3 Å². The number of hydrogen-bond donors (Lipinski definition) is 1. The molecule has 0 aliphatic carbocycles. The molecule has 0 bridgehead atoms. The first kappa shape index (κ1) is 12.4. The second-order valence-corrected chi connectivity index (χ2v) is 3.84. The highest BCUT2D eigenvalue weighted by Crippen LogP contribution is 2.08. The van der Waals surface area contributed by atoms with E-state index in [9.17, 15) is 0 Å². The number of nitrogens with two attached hydrogens (primary N) is 1. The van der Waals surface area contributed by atoms with E-state index in [1.165, 1.54) is 0 Å². The molecule has 5 heteroatoms. The summed E-state index contributed by atoms with van der Waals surface area (Å²) in [5, 5.41) is 0. The largest absolute Gasteiger partial charge is 0.384 e. The fourth-order valence-electron chi connectivity index (χ4n) is 1.61. The number of hydrogen-bond acceptors (Lipinski definition) is 5. The lowest BCUT2D eigenvalue weighted by Gasteiger charge is -2.05. The van der Waals surface area contributed by atoms with E-state index in [4.69, 9.17) is 10.5 Å². The van der Waals surface area contributed by atoms with Crippen LogP contribution in [0, 0.1) is 0 Å². The summed E-state index contributed by atoms with van der Waals surface area (Å²) in [6.07, 6.45) is 2.41. The van der Waals surface area contributed by atoms with Crippen LogP contribution in [-0.4, -0.2) is 21.6 Å². The Balaban J connectivity index is 2.15. The lowest BCUT2D eigenvalue weighted by atomic mass is 10.2. The molecule has 0 saturated carbocycles. The molecular weight excluding hydrogens is 228 g/mol. The van der Waals surface area contributed by atoms with Gasteiger partial charge in [-0.3, -0.25) is 4.98 Å². The smallest absolute Gasteiger partial charge is 0.156 e. The topological polar surface area (TPSA) is 73.9 Å². The Morgan fingerprint density at radius 1 is 1.22 bits per heavy atom. The number of ether oxygens (including phenoxy) is 1. The maximum Gasteiger partial charge on any atom is 0.156 e. The van der Waals surface area contributed by atoms with Gasteiger partial charge < -0.3 is 10.5 Å². The predicted octanol–water partition coefficient (Wildman–Crippen LogP) is 1.58. The first-order valence-electron chi connectivity index (χ1n) is 5.88. The number of aromatic nitrogens is 3. The minimum Gasteiger partial charge on any atom is -0.384 e. The standard InChI is InChI=1S/C13H16N4O/c1-2-18-9-13-16-11(8-12(14)17-13)7-10-5-3-4-6-15-10/h3-6,8H,2,7,9H2,1H3,(H2,14,16,17). The van der Waals surface area contributed by atoms with Crippen molar-refractivity contribution < 1.29 is 4.74 Å². The highest BCUT2D eigenvalue weighted by atomic mass is 16.5. The third-order valence-corrected chi connectivity index (χ3v) is 2.37. The quantitative estimate of drug-likeness (QED) is 0.864. The number of rotatable bonds is 5. The molecule has 94 valence electrons. The zero-order valence-electron chi connectivity index (χ0n) is 10.3. The van der Waals surface area contributed by atoms with Crippen molar-refractivity contribution in [1.29, 1.82) is 0 Å². The van der Waals surface area contributed by atoms with Crippen LogP contribution in [0.25, 0.3) is 0 Å². The Morgan fingerprint density at radius 3 is 2.83 bits per heavy atom. The molecule has 0 saturated heterocycles. The molecule has 2 aromatic heterocycles. The summed E-state index contributed by atoms with van der Waals surface area (Å²) in [5.74, 6) is 1.08. The molecule has 0 radical (unpaired) electrons. The average Bonchev–Trinajstić information content (AvgIpc) is 2.37. The molecule has 0 atom stereocenters. The van der Waals surface area contributed by atoms with Crippen LogP contribution >= 0.6 is 0 Å². The molecule has 18 heavy (non-hydrogen) atoms. The highest BCUT2D eigenvalue weighted by molar-refractivity contribution is 5.31. The number of nitrogens with zero attached hydrogens (tertiary/aromatic N) is 3. The van der Waals surface area contributed by atoms with E-state index >= 15 is 0 Å². The summed E-state index contributed by atoms with van der Waals surface area (Å²) in [6, 6.07) is 7.57. The van der Waals surface area contributed by atoms with Crippen molar-refractivity contribution in [1.82, 2.24) is 15.0 Å². The van der Waals surface area contributed by atoms with Gasteiger partial charge in [-0.2, -0.15) is 0 Å². The number of pyridine rings is 1. The highest BCUT2D eigenvalue weighted by Gasteiger charge is 2.04. The monoisotopic (exact) mass is 244 g/mol. The van der Waals surface area contributed by atoms with Crippen molar-refractivity contribution in [3.8, 4) is 0 Å². The van der Waals surface area contributed by atoms with Crippen LogP contribution in [0.1, 0.15) is 24.1 Å². The van der Waals surface area contributed by atoms with Crippen LogP contribution in [0.3, 0.4) is 0 Å². The molecule has 2 aromatic rings. The van der Waals surface area contributed by atoms with Crippen molar-refractivity contribution in [3.63, 3.8) is 0 Å². The maximum atomic E-state index is 5.76. The van der Waals surface area contributed by atoms with Crippen molar-refractivity contribution in [2.45, 2.75) is 20.0 Å². The summed E-state index contributed by atoms with van der Waals surface area (Å²) >= 11 is 0. The van der Waals surface area contributed by atoms with Crippen molar-refractivity contribution >= 4 is 5.82 Å². The van der Waals surface area contributed by atoms with Gasteiger partial charge in [0.1, 0.15) is 12.4 Å². The molecular formula is C13H16N4O. The molecule has 0 amide bonds. The van der Waals surface area contributed by atoms with E-state index in [1.807, 2.05) is 25.1 Å². The molecule has 2 rings (SSSR count). The van der Waals surface area contributed by atoms with Crippen LogP contribution in [0.5, 0.6) is 0 Å². The first-order chi connectivity index (χ1) is 8.78. The van der Waals surface area contributed by atoms with Gasteiger partial charge in [0.05, 0.1) is 5.69 Å². The second kappa shape index (κ2) is 6.07. The molecule has 0 unspecified atom stereocenters. The van der Waals surface area contributed by atoms with Gasteiger partial charge in [-0.1, -0.05) is 6.07 Å². The molecule has 0 fully saturated rings. The molecule has 2 heterocycles. The number of anilines is 1. The van der Waals surface area contributed by atoms with Crippen LogP contribution in [0.4, 0.5) is 5.82 Å². The third kappa shape index (κ3) is 3.49. The van der Waals surface area contributed by atoms with Gasteiger partial charge in [-0.25, -0.2) is 9.97 Å². The predicted molar refractivity (Wildman–Crippen MR) is 68.8 cm³/mol. The van der Waals surface area contributed by atoms with E-state index in [0.717, 1.165) is 11.4 Å². The summed E-state index contributed by atoms with van der Waals surface area (Å²) in [5.41, 5.74) is 7.57. The van der Waals surface area contributed by atoms with Crippen LogP contribution in [-0.2, 0) is 17.8 Å². The Hall–Kier alpha value is -2.01. The van der Waals surface area contributed by atoms with Crippen LogP contribution in [0.2, 0.25) is 0 Å². The molecule has 0 spiro atoms. The van der Waals surface area contributed by atoms with Gasteiger partial charge in [0.25, 0.3) is 0 Å².